The Kier molecular flexibility index (Phi) is 6.31. The van der Waals surface area contributed by atoms with Crippen molar-refractivity contribution < 1.29 is 22.0 Å². The third kappa shape index (κ3) is 4.44. The molecule has 2 atom stereocenters. The molecule has 136 valence electrons. The summed E-state index contributed by atoms with van der Waals surface area (Å²) in [5.74, 6) is 0.589. The minimum atomic E-state index is -0.562. The first kappa shape index (κ1) is 20.0. The van der Waals surface area contributed by atoms with Gasteiger partial charge in [0.15, 0.2) is 5.60 Å². The minimum Gasteiger partial charge on any atom is -1.00 e. The molecule has 1 heterocycles. The zero-order valence-electron chi connectivity index (χ0n) is 15.5. The van der Waals surface area contributed by atoms with Crippen molar-refractivity contribution >= 4 is 0 Å². The fourth-order valence-electron chi connectivity index (χ4n) is 4.54. The highest BCUT2D eigenvalue weighted by atomic mass is 35.5. The third-order valence-electron chi connectivity index (χ3n) is 5.39. The molecule has 1 N–H and O–H groups in total. The highest BCUT2D eigenvalue weighted by Crippen LogP contribution is 2.44. The van der Waals surface area contributed by atoms with Crippen LogP contribution in [-0.4, -0.2) is 27.8 Å². The quantitative estimate of drug-likeness (QED) is 0.773. The average molecular weight is 360 g/mol. The molecule has 1 aliphatic rings. The number of rotatable bonds is 6. The highest BCUT2D eigenvalue weighted by molar-refractivity contribution is 5.16. The number of hydrogen-bond donors (Lipinski definition) is 1. The van der Waals surface area contributed by atoms with Gasteiger partial charge in [0.1, 0.15) is 25.7 Å². The first-order valence-electron chi connectivity index (χ1n) is 9.07. The fourth-order valence-corrected chi connectivity index (χ4v) is 4.54. The molecule has 3 rings (SSSR count). The summed E-state index contributed by atoms with van der Waals surface area (Å²) < 4.78 is 0.958. The van der Waals surface area contributed by atoms with E-state index in [1.165, 1.54) is 11.1 Å². The first-order chi connectivity index (χ1) is 11.4. The smallest absolute Gasteiger partial charge is 0.162 e. The summed E-state index contributed by atoms with van der Waals surface area (Å²) in [6.45, 7) is 9.34. The molecule has 1 aliphatic heterocycles. The van der Waals surface area contributed by atoms with E-state index in [1.54, 1.807) is 0 Å². The van der Waals surface area contributed by atoms with Crippen molar-refractivity contribution in [1.29, 1.82) is 0 Å². The van der Waals surface area contributed by atoms with Gasteiger partial charge in [0.25, 0.3) is 0 Å². The van der Waals surface area contributed by atoms with E-state index in [1.807, 2.05) is 6.92 Å². The molecule has 3 heteroatoms. The van der Waals surface area contributed by atoms with Gasteiger partial charge in [-0.15, -0.1) is 0 Å². The van der Waals surface area contributed by atoms with E-state index in [-0.39, 0.29) is 18.4 Å². The molecule has 0 aromatic heterocycles. The maximum absolute atomic E-state index is 10.9. The van der Waals surface area contributed by atoms with Gasteiger partial charge in [-0.25, -0.2) is 0 Å². The summed E-state index contributed by atoms with van der Waals surface area (Å²) in [5.41, 5.74) is 2.16. The average Bonchev–Trinajstić information content (AvgIpc) is 2.54. The van der Waals surface area contributed by atoms with Gasteiger partial charge in [0.2, 0.25) is 0 Å². The van der Waals surface area contributed by atoms with Crippen molar-refractivity contribution in [3.63, 3.8) is 0 Å². The number of hydrogen-bond acceptors (Lipinski definition) is 1. The second-order valence-electron chi connectivity index (χ2n) is 8.17. The predicted octanol–water partition coefficient (Wildman–Crippen LogP) is 1.39. The van der Waals surface area contributed by atoms with Crippen LogP contribution in [0.25, 0.3) is 0 Å². The molecular formula is C22H30ClNO. The Hall–Kier alpha value is -1.35. The normalized spacial score (nSPS) is 24.4. The number of likely N-dealkylation sites (tertiary alicyclic amines) is 1. The number of nitrogens with zero attached hydrogens (tertiary/aromatic N) is 1. The van der Waals surface area contributed by atoms with Gasteiger partial charge < -0.3 is 22.0 Å². The zero-order chi connectivity index (χ0) is 17.2. The third-order valence-corrected chi connectivity index (χ3v) is 5.39. The molecule has 0 aliphatic carbocycles. The Morgan fingerprint density at radius 1 is 0.960 bits per heavy atom. The van der Waals surface area contributed by atoms with Crippen LogP contribution in [0.15, 0.2) is 60.7 Å². The summed E-state index contributed by atoms with van der Waals surface area (Å²) in [4.78, 5) is 0. The zero-order valence-corrected chi connectivity index (χ0v) is 16.3. The summed E-state index contributed by atoms with van der Waals surface area (Å²) in [5, 5.41) is 10.9. The van der Waals surface area contributed by atoms with Crippen molar-refractivity contribution in [2.24, 2.45) is 5.92 Å². The second-order valence-corrected chi connectivity index (χ2v) is 8.17. The number of benzene rings is 2. The maximum atomic E-state index is 10.9. The molecule has 25 heavy (non-hydrogen) atoms. The van der Waals surface area contributed by atoms with Gasteiger partial charge in [-0.3, -0.25) is 0 Å². The number of quaternary nitrogens is 1. The van der Waals surface area contributed by atoms with E-state index in [2.05, 4.69) is 74.5 Å². The lowest BCUT2D eigenvalue weighted by atomic mass is 9.76. The lowest BCUT2D eigenvalue weighted by Crippen LogP contribution is -3.00. The fraction of sp³-hybridized carbons (Fsp3) is 0.455. The molecule has 1 saturated heterocycles. The molecule has 0 saturated carbocycles. The lowest BCUT2D eigenvalue weighted by Gasteiger charge is -2.61. The minimum absolute atomic E-state index is 0. The molecule has 1 fully saturated rings. The Labute approximate surface area is 158 Å². The van der Waals surface area contributed by atoms with E-state index < -0.39 is 5.60 Å². The van der Waals surface area contributed by atoms with Gasteiger partial charge in [0, 0.05) is 17.5 Å². The van der Waals surface area contributed by atoms with Gasteiger partial charge in [-0.1, -0.05) is 74.5 Å². The van der Waals surface area contributed by atoms with Crippen LogP contribution < -0.4 is 12.4 Å². The van der Waals surface area contributed by atoms with Crippen molar-refractivity contribution in [2.75, 3.05) is 6.54 Å². The van der Waals surface area contributed by atoms with Crippen LogP contribution in [-0.2, 0) is 13.1 Å². The van der Waals surface area contributed by atoms with E-state index >= 15 is 0 Å². The predicted molar refractivity (Wildman–Crippen MR) is 99.3 cm³/mol. The van der Waals surface area contributed by atoms with Crippen molar-refractivity contribution in [3.8, 4) is 0 Å². The van der Waals surface area contributed by atoms with Crippen LogP contribution in [0.3, 0.4) is 0 Å². The standard InChI is InChI=1S/C22H30NO.ClH/c1-18(2)14-21-22(3,24)17-23(21,15-19-10-6-4-7-11-19)16-20-12-8-5-9-13-20;/h4-13,18,21,24H,14-17H2,1-3H3;1H/q+1;/p-1/t21-,22-;/m0./s1. The second kappa shape index (κ2) is 7.90. The van der Waals surface area contributed by atoms with Crippen molar-refractivity contribution in [1.82, 2.24) is 0 Å². The van der Waals surface area contributed by atoms with Crippen molar-refractivity contribution in [3.05, 3.63) is 71.8 Å². The number of aliphatic hydroxyl groups is 1. The van der Waals surface area contributed by atoms with Crippen LogP contribution >= 0.6 is 0 Å². The first-order valence-corrected chi connectivity index (χ1v) is 9.07. The van der Waals surface area contributed by atoms with Gasteiger partial charge in [0.05, 0.1) is 0 Å². The Morgan fingerprint density at radius 3 is 1.76 bits per heavy atom. The molecule has 2 aromatic rings. The molecular weight excluding hydrogens is 330 g/mol. The summed E-state index contributed by atoms with van der Waals surface area (Å²) in [6, 6.07) is 21.7. The van der Waals surface area contributed by atoms with E-state index in [4.69, 9.17) is 0 Å². The van der Waals surface area contributed by atoms with E-state index in [0.29, 0.717) is 5.92 Å². The Morgan fingerprint density at radius 2 is 1.40 bits per heavy atom. The molecule has 2 nitrogen and oxygen atoms in total. The molecule has 0 radical (unpaired) electrons. The SMILES string of the molecule is CC(C)C[C@H]1[C@@](C)(O)C[N+]1(Cc1ccccc1)Cc1ccccc1.[Cl-]. The van der Waals surface area contributed by atoms with Crippen LogP contribution in [0.2, 0.25) is 0 Å². The highest BCUT2D eigenvalue weighted by Gasteiger charge is 2.61. The van der Waals surface area contributed by atoms with Crippen LogP contribution in [0.1, 0.15) is 38.3 Å². The van der Waals surface area contributed by atoms with Gasteiger partial charge >= 0.3 is 0 Å². The van der Waals surface area contributed by atoms with Crippen LogP contribution in [0.5, 0.6) is 0 Å². The molecule has 0 unspecified atom stereocenters. The van der Waals surface area contributed by atoms with Crippen LogP contribution in [0.4, 0.5) is 0 Å². The molecule has 0 spiro atoms. The number of halogens is 1. The van der Waals surface area contributed by atoms with Crippen molar-refractivity contribution in [2.45, 2.75) is 51.9 Å². The largest absolute Gasteiger partial charge is 1.00 e. The lowest BCUT2D eigenvalue weighted by molar-refractivity contribution is -1.03. The van der Waals surface area contributed by atoms with Crippen LogP contribution in [0, 0.1) is 5.92 Å². The van der Waals surface area contributed by atoms with E-state index in [0.717, 1.165) is 30.5 Å². The molecule has 0 amide bonds. The Balaban J connectivity index is 0.00000225. The monoisotopic (exact) mass is 359 g/mol. The summed E-state index contributed by atoms with van der Waals surface area (Å²) in [7, 11) is 0. The summed E-state index contributed by atoms with van der Waals surface area (Å²) >= 11 is 0. The molecule has 2 aromatic carbocycles. The summed E-state index contributed by atoms with van der Waals surface area (Å²) in [6.07, 6.45) is 1.06. The van der Waals surface area contributed by atoms with E-state index in [9.17, 15) is 5.11 Å². The van der Waals surface area contributed by atoms with Gasteiger partial charge in [-0.05, 0) is 12.8 Å². The van der Waals surface area contributed by atoms with Gasteiger partial charge in [-0.2, -0.15) is 0 Å². The maximum Gasteiger partial charge on any atom is 0.162 e. The molecule has 0 bridgehead atoms. The Bertz CT molecular complexity index is 613. The topological polar surface area (TPSA) is 20.2 Å².